The van der Waals surface area contributed by atoms with Crippen LogP contribution in [0.4, 0.5) is 0 Å². The van der Waals surface area contributed by atoms with Crippen LogP contribution in [0.3, 0.4) is 0 Å². The van der Waals surface area contributed by atoms with E-state index >= 15 is 0 Å². The predicted octanol–water partition coefficient (Wildman–Crippen LogP) is 3.49. The average molecular weight is 261 g/mol. The van der Waals surface area contributed by atoms with E-state index < -0.39 is 0 Å². The van der Waals surface area contributed by atoms with Crippen LogP contribution < -0.4 is 4.74 Å². The zero-order chi connectivity index (χ0) is 13.7. The third-order valence-electron chi connectivity index (χ3n) is 3.76. The van der Waals surface area contributed by atoms with E-state index in [0.717, 1.165) is 37.2 Å². The van der Waals surface area contributed by atoms with Gasteiger partial charge in [0.15, 0.2) is 0 Å². The van der Waals surface area contributed by atoms with Crippen LogP contribution in [0.25, 0.3) is 0 Å². The first-order valence-electron chi connectivity index (χ1n) is 7.30. The van der Waals surface area contributed by atoms with Crippen molar-refractivity contribution in [3.05, 3.63) is 29.8 Å². The first-order valence-corrected chi connectivity index (χ1v) is 7.30. The molecular weight excluding hydrogens is 238 g/mol. The Morgan fingerprint density at radius 3 is 2.26 bits per heavy atom. The highest BCUT2D eigenvalue weighted by molar-refractivity contribution is 5.94. The Labute approximate surface area is 115 Å². The molecule has 104 valence electrons. The standard InChI is InChI=1S/C16H23NO2/c1-3-17(4-2)16(18)13-9-11-15(12-10-13)19-14-7-5-6-8-14/h9-12,14H,3-8H2,1-2H3. The van der Waals surface area contributed by atoms with E-state index in [1.54, 1.807) is 0 Å². The number of amides is 1. The summed E-state index contributed by atoms with van der Waals surface area (Å²) < 4.78 is 5.90. The molecule has 3 nitrogen and oxygen atoms in total. The maximum Gasteiger partial charge on any atom is 0.253 e. The fraction of sp³-hybridized carbons (Fsp3) is 0.562. The smallest absolute Gasteiger partial charge is 0.253 e. The van der Waals surface area contributed by atoms with E-state index in [-0.39, 0.29) is 5.91 Å². The van der Waals surface area contributed by atoms with Gasteiger partial charge in [0.25, 0.3) is 5.91 Å². The van der Waals surface area contributed by atoms with Gasteiger partial charge in [-0.25, -0.2) is 0 Å². The third-order valence-corrected chi connectivity index (χ3v) is 3.76. The van der Waals surface area contributed by atoms with Crippen LogP contribution in [0.1, 0.15) is 49.9 Å². The highest BCUT2D eigenvalue weighted by Crippen LogP contribution is 2.24. The molecular formula is C16H23NO2. The number of carbonyl (C=O) groups is 1. The summed E-state index contributed by atoms with van der Waals surface area (Å²) in [6.45, 7) is 5.49. The molecule has 0 N–H and O–H groups in total. The molecule has 1 fully saturated rings. The summed E-state index contributed by atoms with van der Waals surface area (Å²) >= 11 is 0. The molecule has 0 aliphatic heterocycles. The van der Waals surface area contributed by atoms with Crippen molar-refractivity contribution in [2.24, 2.45) is 0 Å². The first kappa shape index (κ1) is 13.9. The fourth-order valence-corrected chi connectivity index (χ4v) is 2.57. The lowest BCUT2D eigenvalue weighted by Gasteiger charge is -2.19. The molecule has 1 amide bonds. The Morgan fingerprint density at radius 2 is 1.74 bits per heavy atom. The number of benzene rings is 1. The van der Waals surface area contributed by atoms with Crippen LogP contribution in [0, 0.1) is 0 Å². The van der Waals surface area contributed by atoms with Crippen molar-refractivity contribution in [1.82, 2.24) is 4.90 Å². The lowest BCUT2D eigenvalue weighted by atomic mass is 10.2. The molecule has 0 bridgehead atoms. The van der Waals surface area contributed by atoms with Crippen LogP contribution in [-0.2, 0) is 0 Å². The van der Waals surface area contributed by atoms with E-state index in [2.05, 4.69) is 0 Å². The van der Waals surface area contributed by atoms with Crippen molar-refractivity contribution < 1.29 is 9.53 Å². The predicted molar refractivity (Wildman–Crippen MR) is 76.6 cm³/mol. The Morgan fingerprint density at radius 1 is 1.16 bits per heavy atom. The lowest BCUT2D eigenvalue weighted by molar-refractivity contribution is 0.0773. The van der Waals surface area contributed by atoms with Gasteiger partial charge in [-0.05, 0) is 63.8 Å². The summed E-state index contributed by atoms with van der Waals surface area (Å²) in [6.07, 6.45) is 5.21. The van der Waals surface area contributed by atoms with Gasteiger partial charge in [0, 0.05) is 18.7 Å². The minimum absolute atomic E-state index is 0.0948. The number of hydrogen-bond donors (Lipinski definition) is 0. The summed E-state index contributed by atoms with van der Waals surface area (Å²) in [7, 11) is 0. The Hall–Kier alpha value is -1.51. The number of carbonyl (C=O) groups excluding carboxylic acids is 1. The molecule has 0 spiro atoms. The van der Waals surface area contributed by atoms with Crippen molar-refractivity contribution in [1.29, 1.82) is 0 Å². The van der Waals surface area contributed by atoms with Crippen molar-refractivity contribution in [2.45, 2.75) is 45.6 Å². The maximum atomic E-state index is 12.1. The van der Waals surface area contributed by atoms with Crippen molar-refractivity contribution >= 4 is 5.91 Å². The second-order valence-electron chi connectivity index (χ2n) is 5.03. The highest BCUT2D eigenvalue weighted by atomic mass is 16.5. The van der Waals surface area contributed by atoms with Gasteiger partial charge in [-0.2, -0.15) is 0 Å². The third kappa shape index (κ3) is 3.49. The van der Waals surface area contributed by atoms with Crippen LogP contribution in [0.2, 0.25) is 0 Å². The number of ether oxygens (including phenoxy) is 1. The van der Waals surface area contributed by atoms with Crippen molar-refractivity contribution in [2.75, 3.05) is 13.1 Å². The zero-order valence-corrected chi connectivity index (χ0v) is 11.9. The van der Waals surface area contributed by atoms with Gasteiger partial charge in [-0.15, -0.1) is 0 Å². The molecule has 0 atom stereocenters. The lowest BCUT2D eigenvalue weighted by Crippen LogP contribution is -2.30. The Balaban J connectivity index is 1.99. The SMILES string of the molecule is CCN(CC)C(=O)c1ccc(OC2CCCC2)cc1. The summed E-state index contributed by atoms with van der Waals surface area (Å²) in [5.41, 5.74) is 0.738. The van der Waals surface area contributed by atoms with Gasteiger partial charge in [0.2, 0.25) is 0 Å². The van der Waals surface area contributed by atoms with E-state index in [1.165, 1.54) is 12.8 Å². The van der Waals surface area contributed by atoms with Gasteiger partial charge in [-0.1, -0.05) is 0 Å². The summed E-state index contributed by atoms with van der Waals surface area (Å²) in [4.78, 5) is 14.0. The quantitative estimate of drug-likeness (QED) is 0.812. The Bertz CT molecular complexity index is 403. The van der Waals surface area contributed by atoms with Crippen LogP contribution in [0.15, 0.2) is 24.3 Å². The molecule has 2 rings (SSSR count). The molecule has 19 heavy (non-hydrogen) atoms. The molecule has 0 saturated heterocycles. The maximum absolute atomic E-state index is 12.1. The second kappa shape index (κ2) is 6.60. The molecule has 1 aliphatic rings. The number of hydrogen-bond acceptors (Lipinski definition) is 2. The molecule has 3 heteroatoms. The zero-order valence-electron chi connectivity index (χ0n) is 11.9. The monoisotopic (exact) mass is 261 g/mol. The summed E-state index contributed by atoms with van der Waals surface area (Å²) in [5, 5.41) is 0. The Kier molecular flexibility index (Phi) is 4.83. The van der Waals surface area contributed by atoms with Gasteiger partial charge in [0.05, 0.1) is 6.10 Å². The summed E-state index contributed by atoms with van der Waals surface area (Å²) in [5.74, 6) is 0.973. The summed E-state index contributed by atoms with van der Waals surface area (Å²) in [6, 6.07) is 7.56. The minimum Gasteiger partial charge on any atom is -0.490 e. The van der Waals surface area contributed by atoms with E-state index in [1.807, 2.05) is 43.0 Å². The van der Waals surface area contributed by atoms with E-state index in [4.69, 9.17) is 4.74 Å². The van der Waals surface area contributed by atoms with Gasteiger partial charge in [0.1, 0.15) is 5.75 Å². The van der Waals surface area contributed by atoms with Gasteiger partial charge < -0.3 is 9.64 Å². The molecule has 1 aromatic carbocycles. The fourth-order valence-electron chi connectivity index (χ4n) is 2.57. The molecule has 0 unspecified atom stereocenters. The molecule has 0 aromatic heterocycles. The molecule has 1 aromatic rings. The number of nitrogens with zero attached hydrogens (tertiary/aromatic N) is 1. The normalized spacial score (nSPS) is 15.5. The number of rotatable bonds is 5. The largest absolute Gasteiger partial charge is 0.490 e. The van der Waals surface area contributed by atoms with Gasteiger partial charge in [-0.3, -0.25) is 4.79 Å². The highest BCUT2D eigenvalue weighted by Gasteiger charge is 2.17. The van der Waals surface area contributed by atoms with Crippen LogP contribution in [0.5, 0.6) is 5.75 Å². The topological polar surface area (TPSA) is 29.5 Å². The molecule has 0 radical (unpaired) electrons. The molecule has 1 aliphatic carbocycles. The van der Waals surface area contributed by atoms with E-state index in [9.17, 15) is 4.79 Å². The second-order valence-corrected chi connectivity index (χ2v) is 5.03. The van der Waals surface area contributed by atoms with Crippen LogP contribution >= 0.6 is 0 Å². The first-order chi connectivity index (χ1) is 9.24. The van der Waals surface area contributed by atoms with Crippen LogP contribution in [-0.4, -0.2) is 30.0 Å². The minimum atomic E-state index is 0.0948. The van der Waals surface area contributed by atoms with Crippen molar-refractivity contribution in [3.63, 3.8) is 0 Å². The van der Waals surface area contributed by atoms with Crippen molar-refractivity contribution in [3.8, 4) is 5.75 Å². The average Bonchev–Trinajstić information content (AvgIpc) is 2.94. The van der Waals surface area contributed by atoms with E-state index in [0.29, 0.717) is 6.10 Å². The molecule has 0 heterocycles. The molecule has 1 saturated carbocycles. The van der Waals surface area contributed by atoms with Gasteiger partial charge >= 0.3 is 0 Å².